The Balaban J connectivity index is 1.90. The molecule has 0 unspecified atom stereocenters. The summed E-state index contributed by atoms with van der Waals surface area (Å²) in [7, 11) is 0. The molecular formula is C16H19BrN2O. The van der Waals surface area contributed by atoms with Gasteiger partial charge in [-0.3, -0.25) is 0 Å². The third-order valence-electron chi connectivity index (χ3n) is 2.85. The second-order valence-electron chi connectivity index (χ2n) is 4.56. The second kappa shape index (κ2) is 8.02. The average Bonchev–Trinajstić information content (AvgIpc) is 2.46. The second-order valence-corrected chi connectivity index (χ2v) is 5.48. The number of nitrogens with zero attached hydrogens (tertiary/aromatic N) is 1. The monoisotopic (exact) mass is 334 g/mol. The number of hydrogen-bond acceptors (Lipinski definition) is 3. The molecule has 1 N–H and O–H groups in total. The lowest BCUT2D eigenvalue weighted by atomic mass is 10.2. The van der Waals surface area contributed by atoms with E-state index in [9.17, 15) is 0 Å². The number of nitrogens with one attached hydrogen (secondary N) is 1. The van der Waals surface area contributed by atoms with E-state index in [0.29, 0.717) is 13.2 Å². The third-order valence-corrected chi connectivity index (χ3v) is 3.34. The smallest absolute Gasteiger partial charge is 0.131 e. The standard InChI is InChI=1S/C16H19BrN2O/c1-2-8-18-16-14(6-4-9-19-16)12-20-11-13-5-3-7-15(17)10-13/h3-7,9-10H,2,8,11-12H2,1H3,(H,18,19). The molecule has 0 saturated heterocycles. The Kier molecular flexibility index (Phi) is 6.02. The summed E-state index contributed by atoms with van der Waals surface area (Å²) < 4.78 is 6.85. The number of hydrogen-bond donors (Lipinski definition) is 1. The highest BCUT2D eigenvalue weighted by atomic mass is 79.9. The molecule has 106 valence electrons. The summed E-state index contributed by atoms with van der Waals surface area (Å²) in [5.41, 5.74) is 2.25. The van der Waals surface area contributed by atoms with Crippen LogP contribution in [0.3, 0.4) is 0 Å². The molecule has 1 aromatic carbocycles. The SMILES string of the molecule is CCCNc1ncccc1COCc1cccc(Br)c1. The number of rotatable bonds is 7. The van der Waals surface area contributed by atoms with Crippen LogP contribution in [0.1, 0.15) is 24.5 Å². The van der Waals surface area contributed by atoms with Gasteiger partial charge in [0.05, 0.1) is 13.2 Å². The first-order chi connectivity index (χ1) is 9.79. The van der Waals surface area contributed by atoms with Gasteiger partial charge in [0.2, 0.25) is 0 Å². The van der Waals surface area contributed by atoms with E-state index in [1.165, 1.54) is 0 Å². The van der Waals surface area contributed by atoms with Crippen LogP contribution in [0.15, 0.2) is 47.1 Å². The number of benzene rings is 1. The van der Waals surface area contributed by atoms with Gasteiger partial charge in [-0.1, -0.05) is 41.1 Å². The van der Waals surface area contributed by atoms with Crippen molar-refractivity contribution in [1.29, 1.82) is 0 Å². The Hall–Kier alpha value is -1.39. The number of aromatic nitrogens is 1. The fourth-order valence-electron chi connectivity index (χ4n) is 1.86. The molecule has 1 aromatic heterocycles. The summed E-state index contributed by atoms with van der Waals surface area (Å²) in [6.45, 7) is 4.23. The first kappa shape index (κ1) is 15.0. The van der Waals surface area contributed by atoms with Crippen LogP contribution in [0.2, 0.25) is 0 Å². The van der Waals surface area contributed by atoms with E-state index in [0.717, 1.165) is 34.4 Å². The topological polar surface area (TPSA) is 34.2 Å². The van der Waals surface area contributed by atoms with Crippen molar-refractivity contribution in [2.75, 3.05) is 11.9 Å². The summed E-state index contributed by atoms with van der Waals surface area (Å²) >= 11 is 3.46. The highest BCUT2D eigenvalue weighted by Gasteiger charge is 2.03. The van der Waals surface area contributed by atoms with Crippen LogP contribution < -0.4 is 5.32 Å². The molecule has 0 bridgehead atoms. The molecule has 4 heteroatoms. The van der Waals surface area contributed by atoms with Gasteiger partial charge in [-0.25, -0.2) is 4.98 Å². The molecule has 1 heterocycles. The van der Waals surface area contributed by atoms with Gasteiger partial charge in [0.25, 0.3) is 0 Å². The number of halogens is 1. The quantitative estimate of drug-likeness (QED) is 0.815. The van der Waals surface area contributed by atoms with Crippen molar-refractivity contribution in [2.24, 2.45) is 0 Å². The Labute approximate surface area is 128 Å². The van der Waals surface area contributed by atoms with Gasteiger partial charge in [-0.15, -0.1) is 0 Å². The van der Waals surface area contributed by atoms with Crippen LogP contribution in [0.5, 0.6) is 0 Å². The maximum absolute atomic E-state index is 5.78. The minimum atomic E-state index is 0.562. The van der Waals surface area contributed by atoms with E-state index in [-0.39, 0.29) is 0 Å². The molecule has 2 aromatic rings. The zero-order chi connectivity index (χ0) is 14.2. The molecule has 0 amide bonds. The zero-order valence-corrected chi connectivity index (χ0v) is 13.2. The largest absolute Gasteiger partial charge is 0.372 e. The Morgan fingerprint density at radius 3 is 2.90 bits per heavy atom. The summed E-state index contributed by atoms with van der Waals surface area (Å²) in [5.74, 6) is 0.920. The van der Waals surface area contributed by atoms with Crippen molar-refractivity contribution in [3.63, 3.8) is 0 Å². The Bertz CT molecular complexity index is 546. The number of anilines is 1. The van der Waals surface area contributed by atoms with Gasteiger partial charge in [-0.2, -0.15) is 0 Å². The molecular weight excluding hydrogens is 316 g/mol. The van der Waals surface area contributed by atoms with E-state index in [2.05, 4.69) is 45.3 Å². The van der Waals surface area contributed by atoms with Gasteiger partial charge in [0.15, 0.2) is 0 Å². The Morgan fingerprint density at radius 1 is 1.20 bits per heavy atom. The summed E-state index contributed by atoms with van der Waals surface area (Å²) in [6, 6.07) is 12.1. The van der Waals surface area contributed by atoms with Crippen molar-refractivity contribution in [3.05, 3.63) is 58.2 Å². The third kappa shape index (κ3) is 4.62. The summed E-state index contributed by atoms with van der Waals surface area (Å²) in [6.07, 6.45) is 2.88. The lowest BCUT2D eigenvalue weighted by Crippen LogP contribution is -2.06. The summed E-state index contributed by atoms with van der Waals surface area (Å²) in [4.78, 5) is 4.36. The van der Waals surface area contributed by atoms with Gasteiger partial charge >= 0.3 is 0 Å². The maximum atomic E-state index is 5.78. The van der Waals surface area contributed by atoms with Crippen LogP contribution in [0.4, 0.5) is 5.82 Å². The predicted molar refractivity (Wildman–Crippen MR) is 85.7 cm³/mol. The van der Waals surface area contributed by atoms with Gasteiger partial charge in [0.1, 0.15) is 5.82 Å². The van der Waals surface area contributed by atoms with Gasteiger partial charge in [0, 0.05) is 22.8 Å². The number of ether oxygens (including phenoxy) is 1. The number of pyridine rings is 1. The van der Waals surface area contributed by atoms with Crippen molar-refractivity contribution in [2.45, 2.75) is 26.6 Å². The first-order valence-corrected chi connectivity index (χ1v) is 7.59. The molecule has 3 nitrogen and oxygen atoms in total. The summed E-state index contributed by atoms with van der Waals surface area (Å²) in [5, 5.41) is 3.32. The molecule has 20 heavy (non-hydrogen) atoms. The van der Waals surface area contributed by atoms with Crippen molar-refractivity contribution in [1.82, 2.24) is 4.98 Å². The van der Waals surface area contributed by atoms with Gasteiger partial charge in [-0.05, 0) is 30.2 Å². The van der Waals surface area contributed by atoms with Crippen molar-refractivity contribution < 1.29 is 4.74 Å². The van der Waals surface area contributed by atoms with Crippen LogP contribution in [0.25, 0.3) is 0 Å². The molecule has 0 aliphatic rings. The van der Waals surface area contributed by atoms with E-state index in [4.69, 9.17) is 4.74 Å². The van der Waals surface area contributed by atoms with Crippen LogP contribution in [-0.2, 0) is 18.0 Å². The van der Waals surface area contributed by atoms with Crippen LogP contribution in [0, 0.1) is 0 Å². The normalized spacial score (nSPS) is 10.5. The van der Waals surface area contributed by atoms with Crippen LogP contribution >= 0.6 is 15.9 Å². The lowest BCUT2D eigenvalue weighted by Gasteiger charge is -2.10. The molecule has 0 radical (unpaired) electrons. The molecule has 0 aliphatic carbocycles. The molecule has 0 saturated carbocycles. The van der Waals surface area contributed by atoms with Crippen molar-refractivity contribution >= 4 is 21.7 Å². The molecule has 0 atom stereocenters. The molecule has 0 aliphatic heterocycles. The van der Waals surface area contributed by atoms with Crippen molar-refractivity contribution in [3.8, 4) is 0 Å². The molecule has 0 spiro atoms. The molecule has 2 rings (SSSR count). The van der Waals surface area contributed by atoms with E-state index >= 15 is 0 Å². The average molecular weight is 335 g/mol. The lowest BCUT2D eigenvalue weighted by molar-refractivity contribution is 0.107. The maximum Gasteiger partial charge on any atom is 0.131 e. The highest BCUT2D eigenvalue weighted by molar-refractivity contribution is 9.10. The Morgan fingerprint density at radius 2 is 2.10 bits per heavy atom. The van der Waals surface area contributed by atoms with E-state index < -0.39 is 0 Å². The predicted octanol–water partition coefficient (Wildman–Crippen LogP) is 4.38. The zero-order valence-electron chi connectivity index (χ0n) is 11.6. The fourth-order valence-corrected chi connectivity index (χ4v) is 2.31. The molecule has 0 fully saturated rings. The van der Waals surface area contributed by atoms with E-state index in [1.807, 2.05) is 24.3 Å². The fraction of sp³-hybridized carbons (Fsp3) is 0.312. The van der Waals surface area contributed by atoms with Crippen LogP contribution in [-0.4, -0.2) is 11.5 Å². The van der Waals surface area contributed by atoms with E-state index in [1.54, 1.807) is 6.20 Å². The van der Waals surface area contributed by atoms with Gasteiger partial charge < -0.3 is 10.1 Å². The minimum Gasteiger partial charge on any atom is -0.372 e. The first-order valence-electron chi connectivity index (χ1n) is 6.79. The minimum absolute atomic E-state index is 0.562. The highest BCUT2D eigenvalue weighted by Crippen LogP contribution is 2.16.